The van der Waals surface area contributed by atoms with Crippen LogP contribution in [0.1, 0.15) is 21.6 Å². The molecular formula is C21H27N3O6S. The molecule has 0 N–H and O–H groups in total. The highest BCUT2D eigenvalue weighted by atomic mass is 32.2. The van der Waals surface area contributed by atoms with Crippen LogP contribution in [0.2, 0.25) is 0 Å². The predicted octanol–water partition coefficient (Wildman–Crippen LogP) is 1.26. The summed E-state index contributed by atoms with van der Waals surface area (Å²) < 4.78 is 44.9. The first-order chi connectivity index (χ1) is 14.8. The van der Waals surface area contributed by atoms with E-state index in [1.165, 1.54) is 16.6 Å². The van der Waals surface area contributed by atoms with Gasteiger partial charge in [-0.3, -0.25) is 4.79 Å². The number of hydrogen-bond acceptors (Lipinski definition) is 6. The molecule has 1 amide bonds. The highest BCUT2D eigenvalue weighted by Crippen LogP contribution is 2.33. The van der Waals surface area contributed by atoms with Crippen molar-refractivity contribution in [3.8, 4) is 11.5 Å². The average Bonchev–Trinajstić information content (AvgIpc) is 3.20. The third-order valence-corrected chi connectivity index (χ3v) is 7.68. The molecule has 2 aromatic rings. The summed E-state index contributed by atoms with van der Waals surface area (Å²) in [6.45, 7) is 2.34. The molecule has 1 aromatic heterocycles. The first-order valence-corrected chi connectivity index (χ1v) is 11.6. The Hall–Kier alpha value is -2.56. The summed E-state index contributed by atoms with van der Waals surface area (Å²) in [5, 5.41) is 0. The molecule has 9 nitrogen and oxygen atoms in total. The molecule has 0 atom stereocenters. The lowest BCUT2D eigenvalue weighted by atomic mass is 9.98. The molecule has 10 heteroatoms. The van der Waals surface area contributed by atoms with Gasteiger partial charge in [0.05, 0.1) is 27.4 Å². The largest absolute Gasteiger partial charge is 0.493 e. The number of aromatic nitrogens is 1. The predicted molar refractivity (Wildman–Crippen MR) is 113 cm³/mol. The van der Waals surface area contributed by atoms with Crippen molar-refractivity contribution < 1.29 is 27.4 Å². The standard InChI is InChI=1S/C21H27N3O6S/c1-22-14-17(31(26,27)24-6-8-30-9-7-24)12-18(22)21(25)23-5-4-15-10-19(28-2)20(29-3)11-16(15)13-23/h10-12,14H,4-9,13H2,1-3H3. The Morgan fingerprint density at radius 3 is 2.29 bits per heavy atom. The lowest BCUT2D eigenvalue weighted by Gasteiger charge is -2.29. The molecule has 2 aliphatic rings. The summed E-state index contributed by atoms with van der Waals surface area (Å²) in [6, 6.07) is 5.32. The van der Waals surface area contributed by atoms with Gasteiger partial charge in [-0.2, -0.15) is 4.31 Å². The van der Waals surface area contributed by atoms with Crippen molar-refractivity contribution in [3.63, 3.8) is 0 Å². The molecule has 0 radical (unpaired) electrons. The number of sulfonamides is 1. The van der Waals surface area contributed by atoms with Gasteiger partial charge in [-0.05, 0) is 35.7 Å². The van der Waals surface area contributed by atoms with E-state index in [1.807, 2.05) is 12.1 Å². The molecule has 2 aliphatic heterocycles. The number of amides is 1. The summed E-state index contributed by atoms with van der Waals surface area (Å²) in [6.07, 6.45) is 2.19. The molecule has 168 valence electrons. The van der Waals surface area contributed by atoms with Crippen molar-refractivity contribution in [2.24, 2.45) is 7.05 Å². The number of benzene rings is 1. The molecule has 0 saturated carbocycles. The van der Waals surface area contributed by atoms with Gasteiger partial charge in [0.2, 0.25) is 10.0 Å². The third-order valence-electron chi connectivity index (χ3n) is 5.81. The van der Waals surface area contributed by atoms with Crippen LogP contribution >= 0.6 is 0 Å². The SMILES string of the molecule is COc1cc2c(cc1OC)CN(C(=O)c1cc(S(=O)(=O)N3CCOCC3)cn1C)CC2. The summed E-state index contributed by atoms with van der Waals surface area (Å²) in [5.41, 5.74) is 2.45. The molecule has 1 aromatic carbocycles. The van der Waals surface area contributed by atoms with Crippen molar-refractivity contribution in [2.45, 2.75) is 17.9 Å². The Labute approximate surface area is 182 Å². The number of methoxy groups -OCH3 is 2. The van der Waals surface area contributed by atoms with Gasteiger partial charge in [0, 0.05) is 39.4 Å². The fourth-order valence-corrected chi connectivity index (χ4v) is 5.52. The van der Waals surface area contributed by atoms with Crippen molar-refractivity contribution in [2.75, 3.05) is 47.1 Å². The minimum absolute atomic E-state index is 0.129. The zero-order valence-electron chi connectivity index (χ0n) is 18.0. The Kier molecular flexibility index (Phi) is 5.96. The Morgan fingerprint density at radius 1 is 1.00 bits per heavy atom. The summed E-state index contributed by atoms with van der Waals surface area (Å²) >= 11 is 0. The second-order valence-electron chi connectivity index (χ2n) is 7.64. The second-order valence-corrected chi connectivity index (χ2v) is 9.58. The van der Waals surface area contributed by atoms with E-state index in [4.69, 9.17) is 14.2 Å². The lowest BCUT2D eigenvalue weighted by Crippen LogP contribution is -2.40. The summed E-state index contributed by atoms with van der Waals surface area (Å²) in [7, 11) is 1.21. The number of morpholine rings is 1. The van der Waals surface area contributed by atoms with E-state index in [0.717, 1.165) is 11.1 Å². The number of hydrogen-bond donors (Lipinski definition) is 0. The van der Waals surface area contributed by atoms with Gasteiger partial charge in [-0.15, -0.1) is 0 Å². The number of aryl methyl sites for hydroxylation is 1. The third kappa shape index (κ3) is 4.02. The van der Waals surface area contributed by atoms with Crippen molar-refractivity contribution >= 4 is 15.9 Å². The smallest absolute Gasteiger partial charge is 0.270 e. The molecule has 3 heterocycles. The molecule has 31 heavy (non-hydrogen) atoms. The Balaban J connectivity index is 1.57. The van der Waals surface area contributed by atoms with Gasteiger partial charge >= 0.3 is 0 Å². The Morgan fingerprint density at radius 2 is 1.65 bits per heavy atom. The quantitative estimate of drug-likeness (QED) is 0.683. The highest BCUT2D eigenvalue weighted by Gasteiger charge is 2.31. The molecule has 0 bridgehead atoms. The van der Waals surface area contributed by atoms with Crippen molar-refractivity contribution in [1.82, 2.24) is 13.8 Å². The highest BCUT2D eigenvalue weighted by molar-refractivity contribution is 7.89. The van der Waals surface area contributed by atoms with Crippen molar-refractivity contribution in [1.29, 1.82) is 0 Å². The van der Waals surface area contributed by atoms with E-state index < -0.39 is 10.0 Å². The number of fused-ring (bicyclic) bond motifs is 1. The minimum atomic E-state index is -3.66. The lowest BCUT2D eigenvalue weighted by molar-refractivity contribution is 0.0723. The van der Waals surface area contributed by atoms with E-state index in [-0.39, 0.29) is 10.8 Å². The van der Waals surface area contributed by atoms with Crippen molar-refractivity contribution in [3.05, 3.63) is 41.2 Å². The molecule has 1 fully saturated rings. The number of carbonyl (C=O) groups excluding carboxylic acids is 1. The summed E-state index contributed by atoms with van der Waals surface area (Å²) in [4.78, 5) is 15.1. The van der Waals surface area contributed by atoms with E-state index in [1.54, 1.807) is 30.7 Å². The number of nitrogens with zero attached hydrogens (tertiary/aromatic N) is 3. The van der Waals surface area contributed by atoms with Crippen LogP contribution in [0.4, 0.5) is 0 Å². The maximum absolute atomic E-state index is 13.2. The topological polar surface area (TPSA) is 90.3 Å². The van der Waals surface area contributed by atoms with Gasteiger partial charge in [0.1, 0.15) is 10.6 Å². The normalized spacial score (nSPS) is 17.3. The van der Waals surface area contributed by atoms with E-state index >= 15 is 0 Å². The Bertz CT molecular complexity index is 1090. The van der Waals surface area contributed by atoms with Crippen LogP contribution in [0, 0.1) is 0 Å². The van der Waals surface area contributed by atoms with E-state index in [2.05, 4.69) is 0 Å². The summed E-state index contributed by atoms with van der Waals surface area (Å²) in [5.74, 6) is 1.08. The number of rotatable bonds is 5. The fourth-order valence-electron chi connectivity index (χ4n) is 4.04. The maximum Gasteiger partial charge on any atom is 0.270 e. The van der Waals surface area contributed by atoms with Gasteiger partial charge in [-0.25, -0.2) is 8.42 Å². The second kappa shape index (κ2) is 8.52. The molecule has 0 aliphatic carbocycles. The fraction of sp³-hybridized carbons (Fsp3) is 0.476. The van der Waals surface area contributed by atoms with Gasteiger partial charge < -0.3 is 23.7 Å². The van der Waals surface area contributed by atoms with E-state index in [0.29, 0.717) is 63.0 Å². The van der Waals surface area contributed by atoms with E-state index in [9.17, 15) is 13.2 Å². The monoisotopic (exact) mass is 449 g/mol. The van der Waals surface area contributed by atoms with Crippen LogP contribution in [0.25, 0.3) is 0 Å². The van der Waals surface area contributed by atoms with Crippen LogP contribution in [-0.2, 0) is 34.8 Å². The molecule has 1 saturated heterocycles. The van der Waals surface area contributed by atoms with Crippen LogP contribution in [0.5, 0.6) is 11.5 Å². The molecule has 0 unspecified atom stereocenters. The maximum atomic E-state index is 13.2. The average molecular weight is 450 g/mol. The molecule has 0 spiro atoms. The number of ether oxygens (including phenoxy) is 3. The zero-order chi connectivity index (χ0) is 22.2. The zero-order valence-corrected chi connectivity index (χ0v) is 18.8. The minimum Gasteiger partial charge on any atom is -0.493 e. The van der Waals surface area contributed by atoms with Crippen LogP contribution in [0.15, 0.2) is 29.3 Å². The molecular weight excluding hydrogens is 422 g/mol. The number of carbonyl (C=O) groups is 1. The van der Waals surface area contributed by atoms with Gasteiger partial charge in [0.25, 0.3) is 5.91 Å². The van der Waals surface area contributed by atoms with Gasteiger partial charge in [0.15, 0.2) is 11.5 Å². The van der Waals surface area contributed by atoms with Gasteiger partial charge in [-0.1, -0.05) is 0 Å². The first kappa shape index (κ1) is 21.7. The van der Waals surface area contributed by atoms with Crippen LogP contribution < -0.4 is 9.47 Å². The first-order valence-electron chi connectivity index (χ1n) is 10.1. The van der Waals surface area contributed by atoms with Crippen LogP contribution in [0.3, 0.4) is 0 Å². The van der Waals surface area contributed by atoms with Crippen LogP contribution in [-0.4, -0.2) is 75.2 Å². The molecule has 4 rings (SSSR count).